The SMILES string of the molecule is c1ccc(-c2ccc(N(c3ccc4c5c(cccc35)-c3nc(-c5ccccc5)oc3-4)c3cccc4c3oc3ccccc34)cc2)cc1. The van der Waals surface area contributed by atoms with Gasteiger partial charge >= 0.3 is 0 Å². The molecule has 7 aromatic carbocycles. The summed E-state index contributed by atoms with van der Waals surface area (Å²) >= 11 is 0. The Morgan fingerprint density at radius 1 is 0.447 bits per heavy atom. The molecule has 220 valence electrons. The van der Waals surface area contributed by atoms with Gasteiger partial charge in [-0.05, 0) is 59.7 Å². The zero-order valence-electron chi connectivity index (χ0n) is 25.2. The summed E-state index contributed by atoms with van der Waals surface area (Å²) in [6, 6.07) is 54.9. The van der Waals surface area contributed by atoms with E-state index >= 15 is 0 Å². The summed E-state index contributed by atoms with van der Waals surface area (Å²) in [4.78, 5) is 7.32. The maximum Gasteiger partial charge on any atom is 0.227 e. The smallest absolute Gasteiger partial charge is 0.227 e. The standard InChI is InChI=1S/C43H26N2O2/c1-3-11-27(12-4-1)28-21-23-30(24-22-28)45(37-19-10-16-32-31-15-7-8-20-38(31)46-41(32)37)36-26-25-35-39-33(36)17-9-18-34(39)40-42(35)47-43(44-40)29-13-5-2-6-14-29/h1-26H. The van der Waals surface area contributed by atoms with Gasteiger partial charge in [-0.15, -0.1) is 0 Å². The van der Waals surface area contributed by atoms with Gasteiger partial charge in [-0.1, -0.05) is 109 Å². The van der Waals surface area contributed by atoms with Crippen molar-refractivity contribution in [2.75, 3.05) is 4.90 Å². The number of hydrogen-bond donors (Lipinski definition) is 0. The number of anilines is 3. The first-order chi connectivity index (χ1) is 23.3. The Morgan fingerprint density at radius 3 is 1.96 bits per heavy atom. The van der Waals surface area contributed by atoms with Crippen molar-refractivity contribution in [3.8, 4) is 45.2 Å². The molecule has 47 heavy (non-hydrogen) atoms. The fourth-order valence-electron chi connectivity index (χ4n) is 7.11. The van der Waals surface area contributed by atoms with Crippen LogP contribution < -0.4 is 4.90 Å². The third kappa shape index (κ3) is 3.92. The Hall–Kier alpha value is -6.39. The lowest BCUT2D eigenvalue weighted by Crippen LogP contribution is -2.11. The number of aromatic nitrogens is 1. The van der Waals surface area contributed by atoms with E-state index in [-0.39, 0.29) is 0 Å². The van der Waals surface area contributed by atoms with Gasteiger partial charge in [-0.2, -0.15) is 0 Å². The van der Waals surface area contributed by atoms with Crippen LogP contribution in [0.5, 0.6) is 0 Å². The van der Waals surface area contributed by atoms with Crippen molar-refractivity contribution in [2.45, 2.75) is 0 Å². The molecule has 0 N–H and O–H groups in total. The Morgan fingerprint density at radius 2 is 1.13 bits per heavy atom. The Bertz CT molecular complexity index is 2590. The highest BCUT2D eigenvalue weighted by Crippen LogP contribution is 2.52. The molecule has 0 amide bonds. The lowest BCUT2D eigenvalue weighted by Gasteiger charge is -2.27. The Balaban J connectivity index is 1.19. The highest BCUT2D eigenvalue weighted by atomic mass is 16.4. The van der Waals surface area contributed by atoms with Crippen LogP contribution in [0.1, 0.15) is 0 Å². The Labute approximate surface area is 270 Å². The first-order valence-corrected chi connectivity index (χ1v) is 15.8. The molecular weight excluding hydrogens is 576 g/mol. The van der Waals surface area contributed by atoms with Crippen LogP contribution in [-0.2, 0) is 0 Å². The minimum atomic E-state index is 0.638. The minimum Gasteiger partial charge on any atom is -0.454 e. The monoisotopic (exact) mass is 602 g/mol. The summed E-state index contributed by atoms with van der Waals surface area (Å²) in [5, 5.41) is 4.46. The number of oxazole rings is 1. The van der Waals surface area contributed by atoms with E-state index in [0.29, 0.717) is 5.89 Å². The van der Waals surface area contributed by atoms with Crippen LogP contribution in [0.4, 0.5) is 17.1 Å². The fourth-order valence-corrected chi connectivity index (χ4v) is 7.11. The quantitative estimate of drug-likeness (QED) is 0.197. The first-order valence-electron chi connectivity index (χ1n) is 15.8. The van der Waals surface area contributed by atoms with Gasteiger partial charge < -0.3 is 13.7 Å². The van der Waals surface area contributed by atoms with Crippen molar-refractivity contribution < 1.29 is 8.83 Å². The number of benzene rings is 7. The molecule has 0 aliphatic heterocycles. The number of fused-ring (bicyclic) bond motifs is 6. The normalized spacial score (nSPS) is 11.8. The predicted molar refractivity (Wildman–Crippen MR) is 191 cm³/mol. The topological polar surface area (TPSA) is 42.4 Å². The van der Waals surface area contributed by atoms with Gasteiger partial charge in [-0.3, -0.25) is 0 Å². The van der Waals surface area contributed by atoms with E-state index in [1.54, 1.807) is 0 Å². The highest BCUT2D eigenvalue weighted by Gasteiger charge is 2.30. The van der Waals surface area contributed by atoms with Crippen molar-refractivity contribution in [3.05, 3.63) is 158 Å². The molecule has 1 aliphatic rings. The molecule has 9 aromatic rings. The molecule has 10 rings (SSSR count). The molecule has 0 bridgehead atoms. The van der Waals surface area contributed by atoms with Gasteiger partial charge in [0.05, 0.1) is 11.4 Å². The minimum absolute atomic E-state index is 0.638. The lowest BCUT2D eigenvalue weighted by atomic mass is 10.00. The summed E-state index contributed by atoms with van der Waals surface area (Å²) in [7, 11) is 0. The van der Waals surface area contributed by atoms with Gasteiger partial charge in [0.2, 0.25) is 5.89 Å². The molecule has 4 nitrogen and oxygen atoms in total. The number of nitrogens with zero attached hydrogens (tertiary/aromatic N) is 2. The predicted octanol–water partition coefficient (Wildman–Crippen LogP) is 12.2. The fraction of sp³-hybridized carbons (Fsp3) is 0. The van der Waals surface area contributed by atoms with Crippen LogP contribution >= 0.6 is 0 Å². The maximum absolute atomic E-state index is 6.60. The second-order valence-corrected chi connectivity index (χ2v) is 11.9. The summed E-state index contributed by atoms with van der Waals surface area (Å²) in [6.07, 6.45) is 0. The van der Waals surface area contributed by atoms with Gasteiger partial charge in [0.1, 0.15) is 11.3 Å². The van der Waals surface area contributed by atoms with E-state index in [9.17, 15) is 0 Å². The van der Waals surface area contributed by atoms with Crippen molar-refractivity contribution in [1.29, 1.82) is 0 Å². The molecule has 2 aromatic heterocycles. The summed E-state index contributed by atoms with van der Waals surface area (Å²) in [5.41, 5.74) is 11.2. The molecule has 1 aliphatic carbocycles. The molecule has 0 spiro atoms. The number of hydrogen-bond acceptors (Lipinski definition) is 4. The average molecular weight is 603 g/mol. The average Bonchev–Trinajstić information content (AvgIpc) is 3.83. The number of furan rings is 1. The van der Waals surface area contributed by atoms with Crippen LogP contribution in [0.15, 0.2) is 167 Å². The van der Waals surface area contributed by atoms with Crippen LogP contribution in [-0.4, -0.2) is 4.98 Å². The van der Waals surface area contributed by atoms with E-state index in [0.717, 1.165) is 77.9 Å². The van der Waals surface area contributed by atoms with E-state index in [2.05, 4.69) is 114 Å². The second kappa shape index (κ2) is 10.1. The third-order valence-corrected chi connectivity index (χ3v) is 9.26. The zero-order valence-corrected chi connectivity index (χ0v) is 25.2. The Kier molecular flexibility index (Phi) is 5.54. The van der Waals surface area contributed by atoms with E-state index in [4.69, 9.17) is 13.8 Å². The van der Waals surface area contributed by atoms with Crippen molar-refractivity contribution in [3.63, 3.8) is 0 Å². The molecule has 2 heterocycles. The summed E-state index contributed by atoms with van der Waals surface area (Å²) < 4.78 is 13.1. The largest absolute Gasteiger partial charge is 0.454 e. The maximum atomic E-state index is 6.60. The van der Waals surface area contributed by atoms with Gasteiger partial charge in [0, 0.05) is 43.9 Å². The van der Waals surface area contributed by atoms with E-state index in [1.165, 1.54) is 11.1 Å². The van der Waals surface area contributed by atoms with E-state index < -0.39 is 0 Å². The van der Waals surface area contributed by atoms with Crippen LogP contribution in [0.25, 0.3) is 77.9 Å². The van der Waals surface area contributed by atoms with Crippen molar-refractivity contribution in [2.24, 2.45) is 0 Å². The van der Waals surface area contributed by atoms with Crippen LogP contribution in [0.3, 0.4) is 0 Å². The third-order valence-electron chi connectivity index (χ3n) is 9.26. The van der Waals surface area contributed by atoms with Gasteiger partial charge in [0.25, 0.3) is 0 Å². The molecule has 0 unspecified atom stereocenters. The molecule has 0 atom stereocenters. The molecule has 0 radical (unpaired) electrons. The van der Waals surface area contributed by atoms with Crippen molar-refractivity contribution >= 4 is 49.8 Å². The first kappa shape index (κ1) is 25.9. The molecule has 0 saturated carbocycles. The van der Waals surface area contributed by atoms with Crippen LogP contribution in [0, 0.1) is 0 Å². The number of rotatable bonds is 5. The van der Waals surface area contributed by atoms with E-state index in [1.807, 2.05) is 48.5 Å². The zero-order chi connectivity index (χ0) is 30.9. The van der Waals surface area contributed by atoms with Crippen molar-refractivity contribution in [1.82, 2.24) is 4.98 Å². The lowest BCUT2D eigenvalue weighted by molar-refractivity contribution is 0.590. The highest BCUT2D eigenvalue weighted by molar-refractivity contribution is 6.19. The summed E-state index contributed by atoms with van der Waals surface area (Å²) in [5.74, 6) is 1.46. The molecule has 0 fully saturated rings. The molecule has 4 heteroatoms. The summed E-state index contributed by atoms with van der Waals surface area (Å²) in [6.45, 7) is 0. The molecular formula is C43H26N2O2. The molecule has 0 saturated heterocycles. The number of para-hydroxylation sites is 2. The second-order valence-electron chi connectivity index (χ2n) is 11.9. The van der Waals surface area contributed by atoms with Gasteiger partial charge in [-0.25, -0.2) is 4.98 Å². The van der Waals surface area contributed by atoms with Gasteiger partial charge in [0.15, 0.2) is 11.3 Å². The van der Waals surface area contributed by atoms with Crippen LogP contribution in [0.2, 0.25) is 0 Å².